The molecule has 0 atom stereocenters. The number of benzene rings is 1. The van der Waals surface area contributed by atoms with Gasteiger partial charge in [0.05, 0.1) is 5.60 Å². The topological polar surface area (TPSA) is 29.5 Å². The molecule has 2 aliphatic rings. The fourth-order valence-corrected chi connectivity index (χ4v) is 4.46. The molecule has 23 heavy (non-hydrogen) atoms. The molecule has 0 aromatic heterocycles. The van der Waals surface area contributed by atoms with E-state index in [0.29, 0.717) is 0 Å². The Bertz CT molecular complexity index is 523. The molecule has 0 bridgehead atoms. The van der Waals surface area contributed by atoms with Gasteiger partial charge in [-0.15, -0.1) is 0 Å². The van der Waals surface area contributed by atoms with Crippen molar-refractivity contribution in [2.24, 2.45) is 5.92 Å². The van der Waals surface area contributed by atoms with Gasteiger partial charge in [-0.1, -0.05) is 19.3 Å². The minimum Gasteiger partial charge on any atom is -0.378 e. The van der Waals surface area contributed by atoms with E-state index in [2.05, 4.69) is 17.0 Å². The van der Waals surface area contributed by atoms with Gasteiger partial charge < -0.3 is 9.64 Å². The van der Waals surface area contributed by atoms with Gasteiger partial charge in [0.15, 0.2) is 5.78 Å². The lowest BCUT2D eigenvalue weighted by Crippen LogP contribution is -2.50. The van der Waals surface area contributed by atoms with E-state index >= 15 is 0 Å². The second kappa shape index (κ2) is 7.04. The van der Waals surface area contributed by atoms with Gasteiger partial charge >= 0.3 is 0 Å². The Morgan fingerprint density at radius 3 is 2.22 bits per heavy atom. The molecule has 1 heterocycles. The summed E-state index contributed by atoms with van der Waals surface area (Å²) >= 11 is 0. The van der Waals surface area contributed by atoms with E-state index in [9.17, 15) is 4.79 Å². The Balaban J connectivity index is 1.65. The van der Waals surface area contributed by atoms with Crippen molar-refractivity contribution in [1.82, 2.24) is 0 Å². The molecule has 2 fully saturated rings. The van der Waals surface area contributed by atoms with E-state index in [1.807, 2.05) is 19.2 Å². The molecule has 1 aromatic rings. The summed E-state index contributed by atoms with van der Waals surface area (Å²) in [6.07, 6.45) is 9.02. The van der Waals surface area contributed by atoms with Gasteiger partial charge in [-0.05, 0) is 62.8 Å². The van der Waals surface area contributed by atoms with Crippen LogP contribution in [0, 0.1) is 5.92 Å². The van der Waals surface area contributed by atoms with Gasteiger partial charge in [-0.2, -0.15) is 0 Å². The Hall–Kier alpha value is -1.35. The van der Waals surface area contributed by atoms with Crippen molar-refractivity contribution in [3.63, 3.8) is 0 Å². The highest BCUT2D eigenvalue weighted by atomic mass is 16.5. The molecule has 1 aromatic carbocycles. The van der Waals surface area contributed by atoms with Crippen molar-refractivity contribution in [2.45, 2.75) is 57.5 Å². The number of Topliss-reactive ketones (excluding diaryl/α,β-unsaturated/α-hetero) is 1. The molecule has 0 N–H and O–H groups in total. The van der Waals surface area contributed by atoms with Gasteiger partial charge in [0.1, 0.15) is 0 Å². The fourth-order valence-electron chi connectivity index (χ4n) is 4.46. The third-order valence-electron chi connectivity index (χ3n) is 6.00. The number of nitrogens with zero attached hydrogens (tertiary/aromatic N) is 1. The lowest BCUT2D eigenvalue weighted by molar-refractivity contribution is -0.0856. The molecule has 1 aliphatic heterocycles. The summed E-state index contributed by atoms with van der Waals surface area (Å²) in [5, 5.41) is 0. The molecule has 3 rings (SSSR count). The van der Waals surface area contributed by atoms with Crippen LogP contribution in [0.2, 0.25) is 0 Å². The minimum atomic E-state index is 0.0935. The first-order chi connectivity index (χ1) is 11.1. The highest BCUT2D eigenvalue weighted by Gasteiger charge is 2.41. The van der Waals surface area contributed by atoms with E-state index in [0.717, 1.165) is 37.4 Å². The average molecular weight is 315 g/mol. The van der Waals surface area contributed by atoms with E-state index in [4.69, 9.17) is 4.74 Å². The van der Waals surface area contributed by atoms with Crippen LogP contribution in [0.15, 0.2) is 24.3 Å². The van der Waals surface area contributed by atoms with Crippen LogP contribution in [0.4, 0.5) is 5.69 Å². The van der Waals surface area contributed by atoms with Crippen LogP contribution in [0.1, 0.15) is 62.2 Å². The minimum absolute atomic E-state index is 0.0935. The van der Waals surface area contributed by atoms with Crippen LogP contribution in [0.25, 0.3) is 0 Å². The van der Waals surface area contributed by atoms with Crippen LogP contribution in [0.3, 0.4) is 0 Å². The number of hydrogen-bond donors (Lipinski definition) is 0. The van der Waals surface area contributed by atoms with Crippen LogP contribution in [-0.2, 0) is 4.74 Å². The molecule has 1 aliphatic carbocycles. The quantitative estimate of drug-likeness (QED) is 0.769. The molecular weight excluding hydrogens is 286 g/mol. The molecule has 0 amide bonds. The van der Waals surface area contributed by atoms with Gasteiger partial charge in [0.2, 0.25) is 0 Å². The second-order valence-corrected chi connectivity index (χ2v) is 7.19. The van der Waals surface area contributed by atoms with Crippen LogP contribution >= 0.6 is 0 Å². The smallest absolute Gasteiger partial charge is 0.159 e. The van der Waals surface area contributed by atoms with E-state index in [1.54, 1.807) is 6.92 Å². The predicted octanol–water partition coefficient (Wildman–Crippen LogP) is 4.45. The van der Waals surface area contributed by atoms with Gasteiger partial charge in [0, 0.05) is 31.5 Å². The zero-order valence-corrected chi connectivity index (χ0v) is 14.5. The van der Waals surface area contributed by atoms with E-state index in [-0.39, 0.29) is 11.4 Å². The number of carbonyl (C=O) groups excluding carboxylic acids is 1. The third kappa shape index (κ3) is 3.45. The zero-order valence-electron chi connectivity index (χ0n) is 14.5. The van der Waals surface area contributed by atoms with Crippen molar-refractivity contribution in [2.75, 3.05) is 25.1 Å². The van der Waals surface area contributed by atoms with E-state index in [1.165, 1.54) is 37.8 Å². The Kier molecular flexibility index (Phi) is 5.05. The summed E-state index contributed by atoms with van der Waals surface area (Å²) in [4.78, 5) is 13.8. The molecule has 3 nitrogen and oxygen atoms in total. The standard InChI is InChI=1S/C20H29NO2/c1-16(22)17-8-10-19(11-9-17)21-14-12-20(23-2,13-15-21)18-6-4-3-5-7-18/h8-11,18H,3-7,12-15H2,1-2H3. The normalized spacial score (nSPS) is 22.1. The van der Waals surface area contributed by atoms with E-state index < -0.39 is 0 Å². The third-order valence-corrected chi connectivity index (χ3v) is 6.00. The number of ketones is 1. The lowest BCUT2D eigenvalue weighted by atomic mass is 9.72. The Morgan fingerprint density at radius 2 is 1.70 bits per heavy atom. The maximum Gasteiger partial charge on any atom is 0.159 e. The van der Waals surface area contributed by atoms with Crippen molar-refractivity contribution >= 4 is 11.5 Å². The Labute approximate surface area is 140 Å². The monoisotopic (exact) mass is 315 g/mol. The number of rotatable bonds is 4. The van der Waals surface area contributed by atoms with Crippen LogP contribution < -0.4 is 4.90 Å². The summed E-state index contributed by atoms with van der Waals surface area (Å²) in [7, 11) is 1.91. The first-order valence-electron chi connectivity index (χ1n) is 9.06. The van der Waals surface area contributed by atoms with Crippen molar-refractivity contribution in [3.05, 3.63) is 29.8 Å². The SMILES string of the molecule is COC1(C2CCCCC2)CCN(c2ccc(C(C)=O)cc2)CC1. The van der Waals surface area contributed by atoms with Crippen LogP contribution in [-0.4, -0.2) is 31.6 Å². The zero-order chi connectivity index (χ0) is 16.3. The molecule has 1 saturated carbocycles. The maximum atomic E-state index is 11.4. The average Bonchev–Trinajstić information content (AvgIpc) is 2.62. The highest BCUT2D eigenvalue weighted by molar-refractivity contribution is 5.94. The summed E-state index contributed by atoms with van der Waals surface area (Å²) in [5.41, 5.74) is 2.11. The summed E-state index contributed by atoms with van der Waals surface area (Å²) in [6.45, 7) is 3.71. The highest BCUT2D eigenvalue weighted by Crippen LogP contribution is 2.42. The largest absolute Gasteiger partial charge is 0.378 e. The number of ether oxygens (including phenoxy) is 1. The lowest BCUT2D eigenvalue weighted by Gasteiger charge is -2.47. The van der Waals surface area contributed by atoms with Crippen molar-refractivity contribution < 1.29 is 9.53 Å². The Morgan fingerprint density at radius 1 is 1.09 bits per heavy atom. The van der Waals surface area contributed by atoms with Crippen molar-refractivity contribution in [1.29, 1.82) is 0 Å². The summed E-state index contributed by atoms with van der Waals surface area (Å²) in [5.74, 6) is 0.870. The number of hydrogen-bond acceptors (Lipinski definition) is 3. The summed E-state index contributed by atoms with van der Waals surface area (Å²) in [6, 6.07) is 8.04. The fraction of sp³-hybridized carbons (Fsp3) is 0.650. The predicted molar refractivity (Wildman–Crippen MR) is 94.2 cm³/mol. The number of anilines is 1. The number of carbonyl (C=O) groups is 1. The molecule has 0 radical (unpaired) electrons. The number of methoxy groups -OCH3 is 1. The van der Waals surface area contributed by atoms with Gasteiger partial charge in [0.25, 0.3) is 0 Å². The first kappa shape index (κ1) is 16.5. The molecule has 1 saturated heterocycles. The van der Waals surface area contributed by atoms with Gasteiger partial charge in [-0.3, -0.25) is 4.79 Å². The first-order valence-corrected chi connectivity index (χ1v) is 9.06. The van der Waals surface area contributed by atoms with Crippen molar-refractivity contribution in [3.8, 4) is 0 Å². The maximum absolute atomic E-state index is 11.4. The molecule has 0 unspecified atom stereocenters. The molecular formula is C20H29NO2. The number of piperidine rings is 1. The summed E-state index contributed by atoms with van der Waals surface area (Å²) < 4.78 is 6.08. The molecule has 3 heteroatoms. The molecule has 126 valence electrons. The second-order valence-electron chi connectivity index (χ2n) is 7.19. The van der Waals surface area contributed by atoms with Gasteiger partial charge in [-0.25, -0.2) is 0 Å². The van der Waals surface area contributed by atoms with Crippen LogP contribution in [0.5, 0.6) is 0 Å². The molecule has 0 spiro atoms.